The van der Waals surface area contributed by atoms with Gasteiger partial charge in [-0.3, -0.25) is 4.90 Å². The van der Waals surface area contributed by atoms with Crippen molar-refractivity contribution in [3.63, 3.8) is 0 Å². The van der Waals surface area contributed by atoms with Gasteiger partial charge in [-0.05, 0) is 17.7 Å². The fourth-order valence-corrected chi connectivity index (χ4v) is 2.45. The van der Waals surface area contributed by atoms with Crippen LogP contribution in [0.1, 0.15) is 11.3 Å². The Morgan fingerprint density at radius 3 is 2.86 bits per heavy atom. The maximum absolute atomic E-state index is 9.17. The lowest BCUT2D eigenvalue weighted by Crippen LogP contribution is -2.35. The first kappa shape index (κ1) is 14.1. The summed E-state index contributed by atoms with van der Waals surface area (Å²) in [6.07, 6.45) is 1.68. The van der Waals surface area contributed by atoms with Gasteiger partial charge in [-0.2, -0.15) is 0 Å². The highest BCUT2D eigenvalue weighted by Gasteiger charge is 2.11. The second-order valence-electron chi connectivity index (χ2n) is 5.12. The second kappa shape index (κ2) is 6.76. The Kier molecular flexibility index (Phi) is 4.55. The molecule has 2 aromatic rings. The monoisotopic (exact) mass is 285 g/mol. The van der Waals surface area contributed by atoms with Crippen LogP contribution in [0, 0.1) is 0 Å². The molecule has 0 unspecified atom stereocenters. The van der Waals surface area contributed by atoms with E-state index in [4.69, 9.17) is 4.74 Å². The summed E-state index contributed by atoms with van der Waals surface area (Å²) < 4.78 is 5.37. The molecule has 1 aliphatic rings. The van der Waals surface area contributed by atoms with E-state index in [2.05, 4.69) is 27.0 Å². The molecule has 2 heterocycles. The topological polar surface area (TPSA) is 58.5 Å². The molecule has 1 fully saturated rings. The zero-order valence-electron chi connectivity index (χ0n) is 11.9. The highest BCUT2D eigenvalue weighted by Crippen LogP contribution is 2.18. The van der Waals surface area contributed by atoms with E-state index in [-0.39, 0.29) is 6.61 Å². The van der Waals surface area contributed by atoms with Crippen molar-refractivity contribution in [1.29, 1.82) is 0 Å². The third-order valence-electron chi connectivity index (χ3n) is 3.57. The lowest BCUT2D eigenvalue weighted by atomic mass is 10.1. The highest BCUT2D eigenvalue weighted by molar-refractivity contribution is 5.55. The molecule has 110 valence electrons. The van der Waals surface area contributed by atoms with Crippen molar-refractivity contribution in [2.45, 2.75) is 13.2 Å². The third-order valence-corrected chi connectivity index (χ3v) is 3.57. The van der Waals surface area contributed by atoms with Crippen molar-refractivity contribution >= 4 is 0 Å². The Bertz CT molecular complexity index is 598. The zero-order chi connectivity index (χ0) is 14.5. The molecule has 1 N–H and O–H groups in total. The van der Waals surface area contributed by atoms with E-state index in [1.807, 2.05) is 12.1 Å². The number of aliphatic hydroxyl groups excluding tert-OH is 1. The van der Waals surface area contributed by atoms with Crippen molar-refractivity contribution in [1.82, 2.24) is 14.9 Å². The highest BCUT2D eigenvalue weighted by atomic mass is 16.5. The van der Waals surface area contributed by atoms with Crippen molar-refractivity contribution < 1.29 is 9.84 Å². The summed E-state index contributed by atoms with van der Waals surface area (Å²) in [6.45, 7) is 4.41. The predicted molar refractivity (Wildman–Crippen MR) is 79.5 cm³/mol. The predicted octanol–water partition coefficient (Wildman–Crippen LogP) is 1.47. The fourth-order valence-electron chi connectivity index (χ4n) is 2.45. The zero-order valence-corrected chi connectivity index (χ0v) is 11.9. The van der Waals surface area contributed by atoms with E-state index < -0.39 is 0 Å². The summed E-state index contributed by atoms with van der Waals surface area (Å²) in [4.78, 5) is 11.0. The first-order chi connectivity index (χ1) is 10.3. The van der Waals surface area contributed by atoms with E-state index >= 15 is 0 Å². The summed E-state index contributed by atoms with van der Waals surface area (Å²) in [7, 11) is 0. The molecule has 0 aliphatic carbocycles. The number of aliphatic hydroxyl groups is 1. The largest absolute Gasteiger partial charge is 0.390 e. The van der Waals surface area contributed by atoms with Gasteiger partial charge in [0.15, 0.2) is 5.82 Å². The van der Waals surface area contributed by atoms with Crippen LogP contribution in [0.3, 0.4) is 0 Å². The van der Waals surface area contributed by atoms with Gasteiger partial charge in [0.25, 0.3) is 0 Å². The van der Waals surface area contributed by atoms with Crippen molar-refractivity contribution in [3.8, 4) is 11.4 Å². The molecule has 1 aromatic heterocycles. The average Bonchev–Trinajstić information content (AvgIpc) is 2.56. The molecule has 5 nitrogen and oxygen atoms in total. The summed E-state index contributed by atoms with van der Waals surface area (Å²) in [5.41, 5.74) is 2.86. The minimum atomic E-state index is -0.0665. The van der Waals surface area contributed by atoms with Gasteiger partial charge in [0.05, 0.1) is 25.5 Å². The molecule has 0 radical (unpaired) electrons. The molecular weight excluding hydrogens is 266 g/mol. The number of benzene rings is 1. The number of aromatic nitrogens is 2. The van der Waals surface area contributed by atoms with Crippen LogP contribution in [0.4, 0.5) is 0 Å². The standard InChI is InChI=1S/C16H19N3O2/c20-12-15-4-5-17-16(18-15)14-3-1-2-13(10-14)11-19-6-8-21-9-7-19/h1-5,10,20H,6-9,11-12H2. The van der Waals surface area contributed by atoms with Crippen LogP contribution in [0.25, 0.3) is 11.4 Å². The molecule has 0 atom stereocenters. The van der Waals surface area contributed by atoms with Gasteiger partial charge in [0.2, 0.25) is 0 Å². The minimum Gasteiger partial charge on any atom is -0.390 e. The Hall–Kier alpha value is -1.82. The van der Waals surface area contributed by atoms with Gasteiger partial charge in [-0.1, -0.05) is 18.2 Å². The quantitative estimate of drug-likeness (QED) is 0.922. The summed E-state index contributed by atoms with van der Waals surface area (Å²) >= 11 is 0. The molecule has 0 saturated carbocycles. The molecule has 0 spiro atoms. The van der Waals surface area contributed by atoms with Gasteiger partial charge < -0.3 is 9.84 Å². The van der Waals surface area contributed by atoms with E-state index in [0.717, 1.165) is 38.4 Å². The fraction of sp³-hybridized carbons (Fsp3) is 0.375. The van der Waals surface area contributed by atoms with Gasteiger partial charge >= 0.3 is 0 Å². The molecular formula is C16H19N3O2. The first-order valence-corrected chi connectivity index (χ1v) is 7.17. The Labute approximate surface area is 124 Å². The lowest BCUT2D eigenvalue weighted by molar-refractivity contribution is 0.0342. The number of nitrogens with zero attached hydrogens (tertiary/aromatic N) is 3. The van der Waals surface area contributed by atoms with E-state index in [9.17, 15) is 5.11 Å². The van der Waals surface area contributed by atoms with Crippen LogP contribution >= 0.6 is 0 Å². The SMILES string of the molecule is OCc1ccnc(-c2cccc(CN3CCOCC3)c2)n1. The van der Waals surface area contributed by atoms with Crippen molar-refractivity contribution in [2.75, 3.05) is 26.3 Å². The van der Waals surface area contributed by atoms with Crippen LogP contribution in [-0.4, -0.2) is 46.3 Å². The molecule has 3 rings (SSSR count). The van der Waals surface area contributed by atoms with E-state index in [0.29, 0.717) is 11.5 Å². The molecule has 0 bridgehead atoms. The molecule has 0 amide bonds. The van der Waals surface area contributed by atoms with Gasteiger partial charge in [0.1, 0.15) is 0 Å². The third kappa shape index (κ3) is 3.64. The second-order valence-corrected chi connectivity index (χ2v) is 5.12. The maximum atomic E-state index is 9.17. The normalized spacial score (nSPS) is 16.0. The summed E-state index contributed by atoms with van der Waals surface area (Å²) in [6, 6.07) is 9.99. The average molecular weight is 285 g/mol. The number of hydrogen-bond donors (Lipinski definition) is 1. The van der Waals surface area contributed by atoms with E-state index in [1.165, 1.54) is 5.56 Å². The number of hydrogen-bond acceptors (Lipinski definition) is 5. The molecule has 1 saturated heterocycles. The maximum Gasteiger partial charge on any atom is 0.159 e. The Morgan fingerprint density at radius 2 is 2.05 bits per heavy atom. The van der Waals surface area contributed by atoms with Crippen molar-refractivity contribution in [3.05, 3.63) is 47.8 Å². The van der Waals surface area contributed by atoms with Crippen LogP contribution < -0.4 is 0 Å². The van der Waals surface area contributed by atoms with Crippen LogP contribution in [-0.2, 0) is 17.9 Å². The Balaban J connectivity index is 1.78. The number of ether oxygens (including phenoxy) is 1. The molecule has 1 aromatic carbocycles. The molecule has 21 heavy (non-hydrogen) atoms. The van der Waals surface area contributed by atoms with Crippen LogP contribution in [0.2, 0.25) is 0 Å². The summed E-state index contributed by atoms with van der Waals surface area (Å²) in [5.74, 6) is 0.658. The number of rotatable bonds is 4. The van der Waals surface area contributed by atoms with Gasteiger partial charge in [-0.25, -0.2) is 9.97 Å². The van der Waals surface area contributed by atoms with Crippen molar-refractivity contribution in [2.24, 2.45) is 0 Å². The van der Waals surface area contributed by atoms with Crippen LogP contribution in [0.15, 0.2) is 36.5 Å². The Morgan fingerprint density at radius 1 is 1.19 bits per heavy atom. The molecule has 5 heteroatoms. The first-order valence-electron chi connectivity index (χ1n) is 7.17. The smallest absolute Gasteiger partial charge is 0.159 e. The minimum absolute atomic E-state index is 0.0665. The lowest BCUT2D eigenvalue weighted by Gasteiger charge is -2.26. The van der Waals surface area contributed by atoms with Gasteiger partial charge in [-0.15, -0.1) is 0 Å². The van der Waals surface area contributed by atoms with Gasteiger partial charge in [0, 0.05) is 31.4 Å². The molecule has 1 aliphatic heterocycles. The van der Waals surface area contributed by atoms with E-state index in [1.54, 1.807) is 12.3 Å². The number of morpholine rings is 1. The van der Waals surface area contributed by atoms with Crippen LogP contribution in [0.5, 0.6) is 0 Å². The summed E-state index contributed by atoms with van der Waals surface area (Å²) in [5, 5.41) is 9.17.